The number of hydrogen-bond donors (Lipinski definition) is 2. The van der Waals surface area contributed by atoms with Crippen molar-refractivity contribution in [2.24, 2.45) is 0 Å². The van der Waals surface area contributed by atoms with Gasteiger partial charge in [0.1, 0.15) is 5.69 Å². The van der Waals surface area contributed by atoms with Gasteiger partial charge in [0.15, 0.2) is 5.65 Å². The summed E-state index contributed by atoms with van der Waals surface area (Å²) >= 11 is 1.64. The van der Waals surface area contributed by atoms with Crippen LogP contribution in [0.3, 0.4) is 0 Å². The molecule has 0 saturated carbocycles. The highest BCUT2D eigenvalue weighted by Gasteiger charge is 2.24. The second-order valence-corrected chi connectivity index (χ2v) is 7.48. The highest BCUT2D eigenvalue weighted by Crippen LogP contribution is 2.32. The highest BCUT2D eigenvalue weighted by molar-refractivity contribution is 7.11. The smallest absolute Gasteiger partial charge is 0.325 e. The summed E-state index contributed by atoms with van der Waals surface area (Å²) in [5, 5.41) is 1.07. The van der Waals surface area contributed by atoms with Gasteiger partial charge in [-0.05, 0) is 26.0 Å². The molecule has 1 amide bonds. The van der Waals surface area contributed by atoms with Gasteiger partial charge in [-0.2, -0.15) is 0 Å². The van der Waals surface area contributed by atoms with Gasteiger partial charge in [0.05, 0.1) is 22.3 Å². The largest absolute Gasteiger partial charge is 0.333 e. The minimum atomic E-state index is -0.338. The van der Waals surface area contributed by atoms with Crippen molar-refractivity contribution in [1.29, 1.82) is 0 Å². The molecule has 0 spiro atoms. The second-order valence-electron chi connectivity index (χ2n) is 6.42. The minimum absolute atomic E-state index is 0.111. The van der Waals surface area contributed by atoms with Crippen LogP contribution in [-0.4, -0.2) is 37.8 Å². The minimum Gasteiger partial charge on any atom is -0.333 e. The van der Waals surface area contributed by atoms with Crippen molar-refractivity contribution < 1.29 is 4.79 Å². The highest BCUT2D eigenvalue weighted by atomic mass is 32.1. The summed E-state index contributed by atoms with van der Waals surface area (Å²) in [6.45, 7) is 8.18. The van der Waals surface area contributed by atoms with Gasteiger partial charge in [-0.25, -0.2) is 14.8 Å². The Morgan fingerprint density at radius 2 is 1.92 bits per heavy atom. The summed E-state index contributed by atoms with van der Waals surface area (Å²) in [5.74, 6) is 0.162. The molecule has 0 aliphatic heterocycles. The number of pyridine rings is 1. The van der Waals surface area contributed by atoms with Crippen LogP contribution in [0.2, 0.25) is 0 Å². The number of imidazole rings is 1. The Labute approximate surface area is 149 Å². The Morgan fingerprint density at radius 3 is 2.56 bits per heavy atom. The number of nitrogens with zero attached hydrogens (tertiary/aromatic N) is 3. The molecule has 1 unspecified atom stereocenters. The number of H-pyrrole nitrogens is 2. The van der Waals surface area contributed by atoms with Crippen LogP contribution in [0.25, 0.3) is 11.2 Å². The molecule has 7 nitrogen and oxygen atoms in total. The number of carbonyl (C=O) groups is 1. The van der Waals surface area contributed by atoms with Crippen LogP contribution >= 0.6 is 11.3 Å². The van der Waals surface area contributed by atoms with Crippen LogP contribution in [0.1, 0.15) is 58.8 Å². The average Bonchev–Trinajstić information content (AvgIpc) is 3.13. The molecule has 3 rings (SSSR count). The first-order valence-electron chi connectivity index (χ1n) is 8.11. The van der Waals surface area contributed by atoms with Gasteiger partial charge in [-0.1, -0.05) is 13.8 Å². The van der Waals surface area contributed by atoms with Crippen LogP contribution in [0.15, 0.2) is 16.9 Å². The summed E-state index contributed by atoms with van der Waals surface area (Å²) in [7, 11) is 1.76. The Morgan fingerprint density at radius 1 is 1.20 bits per heavy atom. The predicted molar refractivity (Wildman–Crippen MR) is 98.2 cm³/mol. The molecule has 0 bridgehead atoms. The fourth-order valence-electron chi connectivity index (χ4n) is 2.63. The number of carbonyl (C=O) groups excluding carboxylic acids is 1. The van der Waals surface area contributed by atoms with Crippen LogP contribution < -0.4 is 5.69 Å². The SMILES string of the molecule is Cc1nc(C(C)C)sc1C(C)N(C)C(=O)c1ccc2[nH]c(=O)[nH]c2n1. The third-order valence-corrected chi connectivity index (χ3v) is 5.85. The fourth-order valence-corrected chi connectivity index (χ4v) is 3.80. The van der Waals surface area contributed by atoms with Crippen molar-refractivity contribution in [2.75, 3.05) is 7.05 Å². The van der Waals surface area contributed by atoms with E-state index in [2.05, 4.69) is 33.8 Å². The molecular formula is C17H21N5O2S. The van der Waals surface area contributed by atoms with Crippen molar-refractivity contribution >= 4 is 28.4 Å². The number of aromatic nitrogens is 4. The molecule has 0 fully saturated rings. The van der Waals surface area contributed by atoms with Crippen LogP contribution in [0, 0.1) is 6.92 Å². The molecule has 3 heterocycles. The molecule has 0 aliphatic rings. The van der Waals surface area contributed by atoms with E-state index in [4.69, 9.17) is 0 Å². The summed E-state index contributed by atoms with van der Waals surface area (Å²) in [6, 6.07) is 3.19. The maximum atomic E-state index is 12.8. The van der Waals surface area contributed by atoms with Crippen molar-refractivity contribution in [2.45, 2.75) is 39.7 Å². The van der Waals surface area contributed by atoms with Gasteiger partial charge in [0, 0.05) is 17.8 Å². The molecule has 25 heavy (non-hydrogen) atoms. The van der Waals surface area contributed by atoms with E-state index in [1.54, 1.807) is 35.4 Å². The van der Waals surface area contributed by atoms with E-state index in [-0.39, 0.29) is 17.6 Å². The fraction of sp³-hybridized carbons (Fsp3) is 0.412. The van der Waals surface area contributed by atoms with E-state index in [0.29, 0.717) is 22.8 Å². The van der Waals surface area contributed by atoms with E-state index in [1.165, 1.54) is 0 Å². The van der Waals surface area contributed by atoms with Gasteiger partial charge < -0.3 is 9.88 Å². The van der Waals surface area contributed by atoms with E-state index < -0.39 is 0 Å². The Bertz CT molecular complexity index is 984. The topological polar surface area (TPSA) is 94.7 Å². The van der Waals surface area contributed by atoms with Gasteiger partial charge in [0.2, 0.25) is 0 Å². The van der Waals surface area contributed by atoms with Gasteiger partial charge in [-0.15, -0.1) is 11.3 Å². The lowest BCUT2D eigenvalue weighted by molar-refractivity contribution is 0.0739. The first-order chi connectivity index (χ1) is 11.8. The van der Waals surface area contributed by atoms with Crippen LogP contribution in [0.5, 0.6) is 0 Å². The number of aryl methyl sites for hydroxylation is 1. The number of hydrogen-bond acceptors (Lipinski definition) is 5. The lowest BCUT2D eigenvalue weighted by Gasteiger charge is -2.24. The van der Waals surface area contributed by atoms with E-state index in [1.807, 2.05) is 13.8 Å². The van der Waals surface area contributed by atoms with Crippen LogP contribution in [-0.2, 0) is 0 Å². The molecule has 132 valence electrons. The van der Waals surface area contributed by atoms with Gasteiger partial charge >= 0.3 is 5.69 Å². The third-order valence-electron chi connectivity index (χ3n) is 4.22. The van der Waals surface area contributed by atoms with Crippen LogP contribution in [0.4, 0.5) is 0 Å². The van der Waals surface area contributed by atoms with E-state index >= 15 is 0 Å². The molecule has 0 aromatic carbocycles. The summed E-state index contributed by atoms with van der Waals surface area (Å²) in [5.41, 5.74) is 1.88. The molecule has 1 atom stereocenters. The number of rotatable bonds is 4. The molecule has 2 N–H and O–H groups in total. The lowest BCUT2D eigenvalue weighted by Crippen LogP contribution is -2.30. The standard InChI is InChI=1S/C17H21N5O2S/c1-8(2)15-18-9(3)13(25-15)10(4)22(5)16(23)12-7-6-11-14(19-12)21-17(24)20-11/h6-8,10H,1-5H3,(H2,19,20,21,24). The van der Waals surface area contributed by atoms with E-state index in [0.717, 1.165) is 15.6 Å². The zero-order valence-corrected chi connectivity index (χ0v) is 15.7. The van der Waals surface area contributed by atoms with Gasteiger partial charge in [-0.3, -0.25) is 9.78 Å². The maximum Gasteiger partial charge on any atom is 0.325 e. The summed E-state index contributed by atoms with van der Waals surface area (Å²) < 4.78 is 0. The Kier molecular flexibility index (Phi) is 4.47. The first kappa shape index (κ1) is 17.3. The monoisotopic (exact) mass is 359 g/mol. The second kappa shape index (κ2) is 6.44. The quantitative estimate of drug-likeness (QED) is 0.749. The number of nitrogens with one attached hydrogen (secondary N) is 2. The van der Waals surface area contributed by atoms with Crippen molar-refractivity contribution in [3.05, 3.63) is 43.9 Å². The molecule has 3 aromatic heterocycles. The number of amides is 1. The van der Waals surface area contributed by atoms with Crippen molar-refractivity contribution in [1.82, 2.24) is 24.8 Å². The molecule has 8 heteroatoms. The number of thiazole rings is 1. The summed E-state index contributed by atoms with van der Waals surface area (Å²) in [4.78, 5) is 40.9. The zero-order valence-electron chi connectivity index (χ0n) is 14.9. The third kappa shape index (κ3) is 3.21. The zero-order chi connectivity index (χ0) is 18.3. The lowest BCUT2D eigenvalue weighted by atomic mass is 10.2. The first-order valence-corrected chi connectivity index (χ1v) is 8.93. The van der Waals surface area contributed by atoms with Gasteiger partial charge in [0.25, 0.3) is 5.91 Å². The van der Waals surface area contributed by atoms with Crippen molar-refractivity contribution in [3.63, 3.8) is 0 Å². The maximum absolute atomic E-state index is 12.8. The Balaban J connectivity index is 1.88. The molecule has 0 radical (unpaired) electrons. The normalized spacial score (nSPS) is 12.7. The molecule has 0 saturated heterocycles. The number of fused-ring (bicyclic) bond motifs is 1. The molecular weight excluding hydrogens is 338 g/mol. The number of aromatic amines is 2. The summed E-state index contributed by atoms with van der Waals surface area (Å²) in [6.07, 6.45) is 0. The molecule has 3 aromatic rings. The predicted octanol–water partition coefficient (Wildman–Crippen LogP) is 2.97. The Hall–Kier alpha value is -2.48. The average molecular weight is 359 g/mol. The van der Waals surface area contributed by atoms with E-state index in [9.17, 15) is 9.59 Å². The molecule has 0 aliphatic carbocycles. The van der Waals surface area contributed by atoms with Crippen molar-refractivity contribution in [3.8, 4) is 0 Å².